The normalized spacial score (nSPS) is 27.1. The SMILES string of the molecule is O=C(O)[C@@H]1O[C@H](Oc2ccc(/C=C/c3cc(O)cc(O)c3)cc2)[C@H](O)[C@H](O)[C@@H]1O. The van der Waals surface area contributed by atoms with Gasteiger partial charge in [-0.1, -0.05) is 24.3 Å². The Morgan fingerprint density at radius 1 is 0.862 bits per heavy atom. The summed E-state index contributed by atoms with van der Waals surface area (Å²) in [6.45, 7) is 0. The molecule has 0 radical (unpaired) electrons. The average Bonchev–Trinajstić information content (AvgIpc) is 2.67. The zero-order chi connectivity index (χ0) is 21.1. The molecule has 1 saturated heterocycles. The van der Waals surface area contributed by atoms with E-state index in [-0.39, 0.29) is 17.2 Å². The van der Waals surface area contributed by atoms with E-state index < -0.39 is 36.7 Å². The van der Waals surface area contributed by atoms with E-state index in [1.807, 2.05) is 0 Å². The second kappa shape index (κ2) is 8.50. The van der Waals surface area contributed by atoms with Crippen LogP contribution in [-0.2, 0) is 9.53 Å². The van der Waals surface area contributed by atoms with Crippen LogP contribution in [0.3, 0.4) is 0 Å². The van der Waals surface area contributed by atoms with Crippen LogP contribution < -0.4 is 4.74 Å². The van der Waals surface area contributed by atoms with E-state index in [0.29, 0.717) is 5.56 Å². The maximum Gasteiger partial charge on any atom is 0.335 e. The van der Waals surface area contributed by atoms with E-state index in [9.17, 15) is 30.3 Å². The summed E-state index contributed by atoms with van der Waals surface area (Å²) in [4.78, 5) is 11.1. The molecular weight excluding hydrogens is 384 g/mol. The molecule has 154 valence electrons. The Labute approximate surface area is 165 Å². The van der Waals surface area contributed by atoms with Crippen LogP contribution in [0.1, 0.15) is 11.1 Å². The zero-order valence-electron chi connectivity index (χ0n) is 15.0. The van der Waals surface area contributed by atoms with Crippen molar-refractivity contribution in [2.45, 2.75) is 30.7 Å². The number of carboxylic acids is 1. The summed E-state index contributed by atoms with van der Waals surface area (Å²) in [5.74, 6) is -1.37. The molecule has 0 unspecified atom stereocenters. The highest BCUT2D eigenvalue weighted by molar-refractivity contribution is 5.73. The largest absolute Gasteiger partial charge is 0.508 e. The van der Waals surface area contributed by atoms with E-state index in [1.165, 1.54) is 18.2 Å². The maximum atomic E-state index is 11.1. The number of rotatable bonds is 5. The van der Waals surface area contributed by atoms with Crippen LogP contribution in [0.15, 0.2) is 42.5 Å². The highest BCUT2D eigenvalue weighted by Gasteiger charge is 2.48. The number of ether oxygens (including phenoxy) is 2. The Balaban J connectivity index is 1.68. The lowest BCUT2D eigenvalue weighted by atomic mass is 9.99. The minimum absolute atomic E-state index is 0.0635. The smallest absolute Gasteiger partial charge is 0.335 e. The second-order valence-corrected chi connectivity index (χ2v) is 6.54. The Bertz CT molecular complexity index is 873. The number of hydrogen-bond donors (Lipinski definition) is 6. The predicted molar refractivity (Wildman–Crippen MR) is 100 cm³/mol. The number of aromatic hydroxyl groups is 2. The first-order valence-electron chi connectivity index (χ1n) is 8.65. The molecule has 0 bridgehead atoms. The maximum absolute atomic E-state index is 11.1. The summed E-state index contributed by atoms with van der Waals surface area (Å²) in [6, 6.07) is 10.6. The van der Waals surface area contributed by atoms with Gasteiger partial charge in [0.25, 0.3) is 0 Å². The van der Waals surface area contributed by atoms with Crippen LogP contribution in [0.4, 0.5) is 0 Å². The lowest BCUT2D eigenvalue weighted by Crippen LogP contribution is -2.61. The van der Waals surface area contributed by atoms with Gasteiger partial charge in [0.15, 0.2) is 6.10 Å². The van der Waals surface area contributed by atoms with Gasteiger partial charge in [-0.3, -0.25) is 0 Å². The molecule has 2 aromatic carbocycles. The lowest BCUT2D eigenvalue weighted by molar-refractivity contribution is -0.271. The Kier molecular flexibility index (Phi) is 6.04. The van der Waals surface area contributed by atoms with E-state index >= 15 is 0 Å². The number of carboxylic acid groups (broad SMARTS) is 1. The van der Waals surface area contributed by atoms with E-state index in [0.717, 1.165) is 5.56 Å². The topological polar surface area (TPSA) is 157 Å². The number of aliphatic hydroxyl groups excluding tert-OH is 3. The quantitative estimate of drug-likeness (QED) is 0.391. The van der Waals surface area contributed by atoms with Crippen molar-refractivity contribution in [2.75, 3.05) is 0 Å². The molecule has 29 heavy (non-hydrogen) atoms. The number of phenols is 2. The summed E-state index contributed by atoms with van der Waals surface area (Å²) < 4.78 is 10.5. The van der Waals surface area contributed by atoms with E-state index in [1.54, 1.807) is 36.4 Å². The Hall–Kier alpha value is -3.11. The van der Waals surface area contributed by atoms with Crippen LogP contribution in [0.5, 0.6) is 17.2 Å². The van der Waals surface area contributed by atoms with Crippen LogP contribution in [0.2, 0.25) is 0 Å². The summed E-state index contributed by atoms with van der Waals surface area (Å²) in [5, 5.41) is 57.5. The molecule has 0 aliphatic carbocycles. The van der Waals surface area contributed by atoms with Gasteiger partial charge >= 0.3 is 5.97 Å². The molecule has 3 rings (SSSR count). The molecule has 0 aromatic heterocycles. The van der Waals surface area contributed by atoms with Gasteiger partial charge in [-0.2, -0.15) is 0 Å². The van der Waals surface area contributed by atoms with Gasteiger partial charge < -0.3 is 40.1 Å². The van der Waals surface area contributed by atoms with Crippen LogP contribution in [0.25, 0.3) is 12.2 Å². The number of benzene rings is 2. The number of aliphatic hydroxyl groups is 3. The second-order valence-electron chi connectivity index (χ2n) is 6.54. The molecular formula is C20H20O9. The van der Waals surface area contributed by atoms with Gasteiger partial charge in [0, 0.05) is 6.07 Å². The number of hydrogen-bond acceptors (Lipinski definition) is 8. The summed E-state index contributed by atoms with van der Waals surface area (Å²) in [5.41, 5.74) is 1.35. The number of carbonyl (C=O) groups is 1. The fourth-order valence-electron chi connectivity index (χ4n) is 2.85. The monoisotopic (exact) mass is 404 g/mol. The molecule has 1 heterocycles. The molecule has 9 heteroatoms. The molecule has 1 aliphatic rings. The van der Waals surface area contributed by atoms with Crippen LogP contribution in [-0.4, -0.2) is 67.3 Å². The van der Waals surface area contributed by atoms with Crippen molar-refractivity contribution in [3.8, 4) is 17.2 Å². The van der Waals surface area contributed by atoms with Crippen molar-refractivity contribution in [1.29, 1.82) is 0 Å². The molecule has 0 spiro atoms. The summed E-state index contributed by atoms with van der Waals surface area (Å²) >= 11 is 0. The molecule has 0 saturated carbocycles. The third kappa shape index (κ3) is 4.84. The minimum Gasteiger partial charge on any atom is -0.508 e. The van der Waals surface area contributed by atoms with Gasteiger partial charge in [-0.25, -0.2) is 4.79 Å². The molecule has 0 amide bonds. The molecule has 5 atom stereocenters. The van der Waals surface area contributed by atoms with Crippen molar-refractivity contribution in [3.05, 3.63) is 53.6 Å². The summed E-state index contributed by atoms with van der Waals surface area (Å²) in [7, 11) is 0. The molecule has 9 nitrogen and oxygen atoms in total. The zero-order valence-corrected chi connectivity index (χ0v) is 15.0. The predicted octanol–water partition coefficient (Wildman–Crippen LogP) is 0.539. The van der Waals surface area contributed by atoms with Gasteiger partial charge in [0.1, 0.15) is 35.6 Å². The summed E-state index contributed by atoms with van der Waals surface area (Å²) in [6.07, 6.45) is -4.98. The fraction of sp³-hybridized carbons (Fsp3) is 0.250. The number of phenolic OH excluding ortho intramolecular Hbond substituents is 2. The van der Waals surface area contributed by atoms with Crippen molar-refractivity contribution >= 4 is 18.1 Å². The Morgan fingerprint density at radius 2 is 1.45 bits per heavy atom. The van der Waals surface area contributed by atoms with Crippen LogP contribution in [0, 0.1) is 0 Å². The van der Waals surface area contributed by atoms with Gasteiger partial charge in [0.05, 0.1) is 0 Å². The average molecular weight is 404 g/mol. The first-order valence-corrected chi connectivity index (χ1v) is 8.65. The molecule has 1 fully saturated rings. The van der Waals surface area contributed by atoms with Gasteiger partial charge in [0.2, 0.25) is 6.29 Å². The highest BCUT2D eigenvalue weighted by atomic mass is 16.7. The van der Waals surface area contributed by atoms with Gasteiger partial charge in [-0.05, 0) is 35.4 Å². The Morgan fingerprint density at radius 3 is 2.03 bits per heavy atom. The molecule has 2 aromatic rings. The van der Waals surface area contributed by atoms with E-state index in [4.69, 9.17) is 14.6 Å². The highest BCUT2D eigenvalue weighted by Crippen LogP contribution is 2.26. The fourth-order valence-corrected chi connectivity index (χ4v) is 2.85. The third-order valence-electron chi connectivity index (χ3n) is 4.34. The van der Waals surface area contributed by atoms with E-state index in [2.05, 4.69) is 0 Å². The van der Waals surface area contributed by atoms with Crippen LogP contribution >= 0.6 is 0 Å². The lowest BCUT2D eigenvalue weighted by Gasteiger charge is -2.38. The molecule has 1 aliphatic heterocycles. The third-order valence-corrected chi connectivity index (χ3v) is 4.34. The van der Waals surface area contributed by atoms with Crippen molar-refractivity contribution in [2.24, 2.45) is 0 Å². The van der Waals surface area contributed by atoms with Crippen molar-refractivity contribution in [1.82, 2.24) is 0 Å². The first kappa shape index (κ1) is 20.6. The first-order chi connectivity index (χ1) is 13.7. The van der Waals surface area contributed by atoms with Crippen molar-refractivity contribution in [3.63, 3.8) is 0 Å². The number of aliphatic carboxylic acids is 1. The van der Waals surface area contributed by atoms with Crippen molar-refractivity contribution < 1.29 is 44.9 Å². The van der Waals surface area contributed by atoms with Gasteiger partial charge in [-0.15, -0.1) is 0 Å². The standard InChI is InChI=1S/C20H20O9/c21-12-7-11(8-13(22)9-12)2-1-10-3-5-14(6-4-10)28-20-17(25)15(23)16(24)18(29-20)19(26)27/h1-9,15-18,20-25H,(H,26,27)/b2-1+/t15-,16+,17-,18-,20+/m1/s1. The molecule has 6 N–H and O–H groups in total. The minimum atomic E-state index is -1.79.